The van der Waals surface area contributed by atoms with E-state index in [-0.39, 0.29) is 5.75 Å². The van der Waals surface area contributed by atoms with E-state index in [9.17, 15) is 5.11 Å². The van der Waals surface area contributed by atoms with Crippen LogP contribution < -0.4 is 4.90 Å². The average Bonchev–Trinajstić information content (AvgIpc) is 3.15. The highest BCUT2D eigenvalue weighted by Crippen LogP contribution is 2.39. The predicted octanol–water partition coefficient (Wildman–Crippen LogP) is 2.05. The summed E-state index contributed by atoms with van der Waals surface area (Å²) in [7, 11) is 0. The van der Waals surface area contributed by atoms with E-state index < -0.39 is 0 Å². The largest absolute Gasteiger partial charge is 0.503 e. The molecule has 1 aliphatic carbocycles. The van der Waals surface area contributed by atoms with Gasteiger partial charge in [0.1, 0.15) is 5.82 Å². The van der Waals surface area contributed by atoms with Crippen molar-refractivity contribution in [3.05, 3.63) is 12.0 Å². The number of hydrogen-bond acceptors (Lipinski definition) is 4. The third-order valence-corrected chi connectivity index (χ3v) is 3.37. The second kappa shape index (κ2) is 3.92. The minimum Gasteiger partial charge on any atom is -0.503 e. The van der Waals surface area contributed by atoms with Crippen LogP contribution in [0.5, 0.6) is 5.75 Å². The third kappa shape index (κ3) is 1.84. The first-order valence-corrected chi connectivity index (χ1v) is 6.15. The van der Waals surface area contributed by atoms with Gasteiger partial charge in [0, 0.05) is 19.0 Å². The van der Waals surface area contributed by atoms with Crippen LogP contribution in [0.1, 0.15) is 43.8 Å². The Morgan fingerprint density at radius 1 is 1.19 bits per heavy atom. The lowest BCUT2D eigenvalue weighted by molar-refractivity contribution is 0.461. The molecule has 3 rings (SSSR count). The summed E-state index contributed by atoms with van der Waals surface area (Å²) in [5, 5.41) is 9.82. The molecule has 86 valence electrons. The first kappa shape index (κ1) is 9.87. The molecule has 0 bridgehead atoms. The van der Waals surface area contributed by atoms with Crippen molar-refractivity contribution in [2.75, 3.05) is 18.0 Å². The zero-order valence-electron chi connectivity index (χ0n) is 9.39. The van der Waals surface area contributed by atoms with E-state index in [1.165, 1.54) is 32.1 Å². The summed E-state index contributed by atoms with van der Waals surface area (Å²) in [6.45, 7) is 2.02. The summed E-state index contributed by atoms with van der Waals surface area (Å²) in [5.74, 6) is 2.44. The number of aromatic nitrogens is 2. The maximum atomic E-state index is 9.82. The smallest absolute Gasteiger partial charge is 0.177 e. The van der Waals surface area contributed by atoms with Crippen molar-refractivity contribution >= 4 is 5.82 Å². The summed E-state index contributed by atoms with van der Waals surface area (Å²) in [6, 6.07) is 0. The Balaban J connectivity index is 1.88. The molecule has 0 spiro atoms. The minimum atomic E-state index is 0.228. The quantitative estimate of drug-likeness (QED) is 0.827. The molecule has 1 saturated heterocycles. The van der Waals surface area contributed by atoms with E-state index in [2.05, 4.69) is 14.9 Å². The van der Waals surface area contributed by atoms with Crippen LogP contribution in [0, 0.1) is 0 Å². The van der Waals surface area contributed by atoms with Crippen LogP contribution in [0.15, 0.2) is 6.20 Å². The van der Waals surface area contributed by atoms with Crippen LogP contribution in [0.2, 0.25) is 0 Å². The standard InChI is InChI=1S/C12H17N3O/c16-10-8-13-11(9-4-5-9)14-12(10)15-6-2-1-3-7-15/h8-9,16H,1-7H2. The van der Waals surface area contributed by atoms with Gasteiger partial charge in [0.15, 0.2) is 11.6 Å². The van der Waals surface area contributed by atoms with Gasteiger partial charge in [-0.2, -0.15) is 0 Å². The second-order valence-electron chi connectivity index (χ2n) is 4.76. The molecule has 4 nitrogen and oxygen atoms in total. The lowest BCUT2D eigenvalue weighted by Crippen LogP contribution is -2.30. The van der Waals surface area contributed by atoms with Crippen molar-refractivity contribution < 1.29 is 5.11 Å². The monoisotopic (exact) mass is 219 g/mol. The summed E-state index contributed by atoms with van der Waals surface area (Å²) in [4.78, 5) is 10.9. The van der Waals surface area contributed by atoms with Crippen LogP contribution in [0.3, 0.4) is 0 Å². The second-order valence-corrected chi connectivity index (χ2v) is 4.76. The fourth-order valence-electron chi connectivity index (χ4n) is 2.26. The summed E-state index contributed by atoms with van der Waals surface area (Å²) in [6.07, 6.45) is 7.64. The molecule has 0 unspecified atom stereocenters. The maximum absolute atomic E-state index is 9.82. The molecule has 16 heavy (non-hydrogen) atoms. The van der Waals surface area contributed by atoms with E-state index in [0.29, 0.717) is 5.92 Å². The van der Waals surface area contributed by atoms with Gasteiger partial charge in [0.05, 0.1) is 6.20 Å². The van der Waals surface area contributed by atoms with Gasteiger partial charge < -0.3 is 10.0 Å². The van der Waals surface area contributed by atoms with Gasteiger partial charge in [-0.05, 0) is 32.1 Å². The fraction of sp³-hybridized carbons (Fsp3) is 0.667. The van der Waals surface area contributed by atoms with Crippen molar-refractivity contribution in [3.8, 4) is 5.75 Å². The highest BCUT2D eigenvalue weighted by molar-refractivity contribution is 5.50. The Labute approximate surface area is 95.3 Å². The van der Waals surface area contributed by atoms with Crippen LogP contribution in [0.25, 0.3) is 0 Å². The van der Waals surface area contributed by atoms with Crippen molar-refractivity contribution in [1.29, 1.82) is 0 Å². The molecule has 1 aromatic rings. The van der Waals surface area contributed by atoms with Crippen LogP contribution >= 0.6 is 0 Å². The molecule has 1 aromatic heterocycles. The minimum absolute atomic E-state index is 0.228. The average molecular weight is 219 g/mol. The molecule has 1 N–H and O–H groups in total. The first-order chi connectivity index (χ1) is 7.84. The normalized spacial score (nSPS) is 21.1. The number of aromatic hydroxyl groups is 1. The van der Waals surface area contributed by atoms with Crippen LogP contribution in [-0.4, -0.2) is 28.2 Å². The van der Waals surface area contributed by atoms with Crippen molar-refractivity contribution in [2.24, 2.45) is 0 Å². The SMILES string of the molecule is Oc1cnc(C2CC2)nc1N1CCCCC1. The molecule has 0 radical (unpaired) electrons. The van der Waals surface area contributed by atoms with Crippen LogP contribution in [-0.2, 0) is 0 Å². The number of piperidine rings is 1. The molecule has 1 saturated carbocycles. The Bertz CT molecular complexity index is 384. The molecular formula is C12H17N3O. The third-order valence-electron chi connectivity index (χ3n) is 3.37. The van der Waals surface area contributed by atoms with Crippen LogP contribution in [0.4, 0.5) is 5.82 Å². The molecule has 2 aliphatic rings. The highest BCUT2D eigenvalue weighted by atomic mass is 16.3. The highest BCUT2D eigenvalue weighted by Gasteiger charge is 2.28. The van der Waals surface area contributed by atoms with E-state index in [1.807, 2.05) is 0 Å². The molecular weight excluding hydrogens is 202 g/mol. The zero-order valence-corrected chi connectivity index (χ0v) is 9.39. The zero-order chi connectivity index (χ0) is 11.0. The van der Waals surface area contributed by atoms with Gasteiger partial charge in [-0.1, -0.05) is 0 Å². The van der Waals surface area contributed by atoms with E-state index >= 15 is 0 Å². The van der Waals surface area contributed by atoms with Gasteiger partial charge in [-0.15, -0.1) is 0 Å². The topological polar surface area (TPSA) is 49.3 Å². The van der Waals surface area contributed by atoms with Gasteiger partial charge in [0.2, 0.25) is 0 Å². The molecule has 2 fully saturated rings. The Kier molecular flexibility index (Phi) is 2.42. The van der Waals surface area contributed by atoms with Crippen molar-refractivity contribution in [3.63, 3.8) is 0 Å². The Hall–Kier alpha value is -1.32. The molecule has 4 heteroatoms. The van der Waals surface area contributed by atoms with Gasteiger partial charge in [-0.25, -0.2) is 9.97 Å². The molecule has 0 aromatic carbocycles. The van der Waals surface area contributed by atoms with E-state index in [4.69, 9.17) is 0 Å². The van der Waals surface area contributed by atoms with Gasteiger partial charge in [0.25, 0.3) is 0 Å². The lowest BCUT2D eigenvalue weighted by atomic mass is 10.1. The summed E-state index contributed by atoms with van der Waals surface area (Å²) >= 11 is 0. The molecule has 1 aliphatic heterocycles. The lowest BCUT2D eigenvalue weighted by Gasteiger charge is -2.28. The van der Waals surface area contributed by atoms with Crippen molar-refractivity contribution in [1.82, 2.24) is 9.97 Å². The van der Waals surface area contributed by atoms with Gasteiger partial charge >= 0.3 is 0 Å². The number of nitrogens with zero attached hydrogens (tertiary/aromatic N) is 3. The van der Waals surface area contributed by atoms with Gasteiger partial charge in [-0.3, -0.25) is 0 Å². The maximum Gasteiger partial charge on any atom is 0.177 e. The van der Waals surface area contributed by atoms with E-state index in [0.717, 1.165) is 24.7 Å². The number of rotatable bonds is 2. The molecule has 0 atom stereocenters. The van der Waals surface area contributed by atoms with E-state index in [1.54, 1.807) is 6.20 Å². The summed E-state index contributed by atoms with van der Waals surface area (Å²) < 4.78 is 0. The Morgan fingerprint density at radius 2 is 1.94 bits per heavy atom. The number of hydrogen-bond donors (Lipinski definition) is 1. The fourth-order valence-corrected chi connectivity index (χ4v) is 2.26. The molecule has 2 heterocycles. The summed E-state index contributed by atoms with van der Waals surface area (Å²) in [5.41, 5.74) is 0. The predicted molar refractivity (Wildman–Crippen MR) is 61.7 cm³/mol. The Morgan fingerprint density at radius 3 is 2.62 bits per heavy atom. The number of anilines is 1. The first-order valence-electron chi connectivity index (χ1n) is 6.15. The van der Waals surface area contributed by atoms with Crippen molar-refractivity contribution in [2.45, 2.75) is 38.0 Å². The molecule has 0 amide bonds.